The van der Waals surface area contributed by atoms with Gasteiger partial charge < -0.3 is 0 Å². The van der Waals surface area contributed by atoms with Crippen LogP contribution in [0.25, 0.3) is 0 Å². The molecule has 0 fully saturated rings. The van der Waals surface area contributed by atoms with Gasteiger partial charge in [0.05, 0.1) is 0 Å². The average Bonchev–Trinajstić information content (AvgIpc) is 2.60. The van der Waals surface area contributed by atoms with Crippen LogP contribution in [-0.4, -0.2) is 0 Å². The molecule has 0 amide bonds. The van der Waals surface area contributed by atoms with Gasteiger partial charge in [0.25, 0.3) is 0 Å². The Kier molecular flexibility index (Phi) is 6.27. The van der Waals surface area contributed by atoms with E-state index < -0.39 is 0 Å². The number of hydrogen-bond donors (Lipinski definition) is 0. The Morgan fingerprint density at radius 2 is 1.39 bits per heavy atom. The Morgan fingerprint density at radius 1 is 0.826 bits per heavy atom. The topological polar surface area (TPSA) is 0 Å². The summed E-state index contributed by atoms with van der Waals surface area (Å²) in [5.41, 5.74) is 3.90. The van der Waals surface area contributed by atoms with Crippen LogP contribution in [0, 0.1) is 23.7 Å². The molecule has 0 heterocycles. The Hall–Kier alpha value is -3.22. The van der Waals surface area contributed by atoms with Crippen LogP contribution in [0.1, 0.15) is 23.6 Å². The van der Waals surface area contributed by atoms with Crippen molar-refractivity contribution in [2.45, 2.75) is 6.92 Å². The molecule has 0 aliphatic rings. The van der Waals surface area contributed by atoms with Crippen molar-refractivity contribution in [2.75, 3.05) is 0 Å². The molecule has 0 aromatic heterocycles. The van der Waals surface area contributed by atoms with Gasteiger partial charge in [0.1, 0.15) is 0 Å². The second-order valence-electron chi connectivity index (χ2n) is 4.80. The Bertz CT molecular complexity index is 824. The van der Waals surface area contributed by atoms with Gasteiger partial charge in [0, 0.05) is 22.3 Å². The molecule has 0 saturated heterocycles. The Balaban J connectivity index is 2.13. The summed E-state index contributed by atoms with van der Waals surface area (Å²) in [6, 6.07) is 17.9. The summed E-state index contributed by atoms with van der Waals surface area (Å²) in [4.78, 5) is 0. The highest BCUT2D eigenvalue weighted by Gasteiger charge is 1.90. The summed E-state index contributed by atoms with van der Waals surface area (Å²) < 4.78 is 0. The maximum atomic E-state index is 3.70. The lowest BCUT2D eigenvalue weighted by atomic mass is 10.1. The molecule has 110 valence electrons. The minimum atomic E-state index is 0.940. The van der Waals surface area contributed by atoms with Gasteiger partial charge in [0.2, 0.25) is 0 Å². The van der Waals surface area contributed by atoms with Crippen molar-refractivity contribution < 1.29 is 0 Å². The van der Waals surface area contributed by atoms with E-state index in [-0.39, 0.29) is 0 Å². The van der Waals surface area contributed by atoms with E-state index in [1.807, 2.05) is 79.7 Å². The fourth-order valence-electron chi connectivity index (χ4n) is 1.89. The first-order chi connectivity index (χ1) is 11.3. The van der Waals surface area contributed by atoms with Crippen molar-refractivity contribution in [3.63, 3.8) is 0 Å². The average molecular weight is 294 g/mol. The van der Waals surface area contributed by atoms with Crippen LogP contribution in [0.5, 0.6) is 0 Å². The number of allylic oxidation sites excluding steroid dienone is 5. The maximum Gasteiger partial charge on any atom is 0.0249 e. The molecule has 0 atom stereocenters. The van der Waals surface area contributed by atoms with Gasteiger partial charge in [-0.15, -0.1) is 0 Å². The van der Waals surface area contributed by atoms with Gasteiger partial charge in [-0.05, 0) is 49.4 Å². The molecule has 0 unspecified atom stereocenters. The van der Waals surface area contributed by atoms with Gasteiger partial charge in [-0.2, -0.15) is 0 Å². The summed E-state index contributed by atoms with van der Waals surface area (Å²) in [6.45, 7) is 5.67. The zero-order chi connectivity index (χ0) is 16.3. The predicted molar refractivity (Wildman–Crippen MR) is 98.8 cm³/mol. The van der Waals surface area contributed by atoms with Crippen molar-refractivity contribution in [2.24, 2.45) is 0 Å². The number of hydrogen-bond acceptors (Lipinski definition) is 0. The minimum Gasteiger partial charge on any atom is -0.0990 e. The Labute approximate surface area is 138 Å². The summed E-state index contributed by atoms with van der Waals surface area (Å²) >= 11 is 0. The normalized spacial score (nSPS) is 10.4. The number of benzene rings is 2. The molecule has 0 N–H and O–H groups in total. The molecule has 2 aromatic carbocycles. The fraction of sp³-hybridized carbons (Fsp3) is 0.0435. The van der Waals surface area contributed by atoms with Crippen LogP contribution in [0.15, 0.2) is 91.1 Å². The minimum absolute atomic E-state index is 0.940. The highest BCUT2D eigenvalue weighted by molar-refractivity contribution is 5.49. The van der Waals surface area contributed by atoms with Gasteiger partial charge in [0.15, 0.2) is 0 Å². The molecule has 0 saturated carbocycles. The molecule has 0 spiro atoms. The van der Waals surface area contributed by atoms with E-state index in [2.05, 4.69) is 30.3 Å². The van der Waals surface area contributed by atoms with Crippen molar-refractivity contribution in [1.82, 2.24) is 0 Å². The summed E-state index contributed by atoms with van der Waals surface area (Å²) in [5.74, 6) is 12.6. The van der Waals surface area contributed by atoms with E-state index in [9.17, 15) is 0 Å². The Morgan fingerprint density at radius 3 is 1.96 bits per heavy atom. The van der Waals surface area contributed by atoms with Crippen LogP contribution >= 0.6 is 0 Å². The lowest BCUT2D eigenvalue weighted by molar-refractivity contribution is 1.59. The van der Waals surface area contributed by atoms with Gasteiger partial charge in [-0.3, -0.25) is 0 Å². The number of rotatable bonds is 2. The van der Waals surface area contributed by atoms with Crippen molar-refractivity contribution in [1.29, 1.82) is 0 Å². The SMILES string of the molecule is C=C/C=C(C#Cc1ccc(C#Cc2ccccc2)cc1)\C=C/C. The van der Waals surface area contributed by atoms with Gasteiger partial charge >= 0.3 is 0 Å². The first-order valence-corrected chi connectivity index (χ1v) is 7.46. The molecular weight excluding hydrogens is 276 g/mol. The van der Waals surface area contributed by atoms with Crippen molar-refractivity contribution in [3.05, 3.63) is 108 Å². The van der Waals surface area contributed by atoms with E-state index in [4.69, 9.17) is 0 Å². The predicted octanol–water partition coefficient (Wildman–Crippen LogP) is 5.13. The van der Waals surface area contributed by atoms with E-state index in [0.29, 0.717) is 0 Å². The third-order valence-electron chi connectivity index (χ3n) is 3.00. The summed E-state index contributed by atoms with van der Waals surface area (Å²) in [6.07, 6.45) is 7.57. The molecule has 0 radical (unpaired) electrons. The van der Waals surface area contributed by atoms with Gasteiger partial charge in [-0.1, -0.05) is 66.7 Å². The molecular formula is C23H18. The van der Waals surface area contributed by atoms with Crippen LogP contribution in [0.2, 0.25) is 0 Å². The first-order valence-electron chi connectivity index (χ1n) is 7.46. The molecule has 2 aromatic rings. The highest BCUT2D eigenvalue weighted by atomic mass is 13.9. The molecule has 0 aliphatic heterocycles. The van der Waals surface area contributed by atoms with Crippen molar-refractivity contribution >= 4 is 0 Å². The second kappa shape index (κ2) is 8.93. The molecule has 2 rings (SSSR count). The van der Waals surface area contributed by atoms with E-state index in [1.165, 1.54) is 0 Å². The van der Waals surface area contributed by atoms with Crippen LogP contribution in [0.3, 0.4) is 0 Å². The smallest absolute Gasteiger partial charge is 0.0249 e. The third-order valence-corrected chi connectivity index (χ3v) is 3.00. The van der Waals surface area contributed by atoms with Crippen LogP contribution < -0.4 is 0 Å². The zero-order valence-electron chi connectivity index (χ0n) is 13.2. The highest BCUT2D eigenvalue weighted by Crippen LogP contribution is 2.04. The molecule has 0 nitrogen and oxygen atoms in total. The summed E-state index contributed by atoms with van der Waals surface area (Å²) in [5, 5.41) is 0. The molecule has 23 heavy (non-hydrogen) atoms. The maximum absolute atomic E-state index is 3.70. The monoisotopic (exact) mass is 294 g/mol. The van der Waals surface area contributed by atoms with Crippen LogP contribution in [0.4, 0.5) is 0 Å². The summed E-state index contributed by atoms with van der Waals surface area (Å²) in [7, 11) is 0. The molecule has 0 heteroatoms. The lowest BCUT2D eigenvalue weighted by Crippen LogP contribution is -1.79. The largest absolute Gasteiger partial charge is 0.0990 e. The zero-order valence-corrected chi connectivity index (χ0v) is 13.2. The van der Waals surface area contributed by atoms with Gasteiger partial charge in [-0.25, -0.2) is 0 Å². The van der Waals surface area contributed by atoms with E-state index in [0.717, 1.165) is 22.3 Å². The first kappa shape index (κ1) is 16.2. The quantitative estimate of drug-likeness (QED) is 0.532. The molecule has 0 aliphatic carbocycles. The molecule has 0 bridgehead atoms. The standard InChI is InChI=1S/C23H18/c1-3-8-20(9-4-2)12-14-22-16-18-23(19-17-22)15-13-21-10-6-5-7-11-21/h3-11,16-19H,1H2,2H3/b9-4-,20-8+. The van der Waals surface area contributed by atoms with E-state index >= 15 is 0 Å². The van der Waals surface area contributed by atoms with Crippen molar-refractivity contribution in [3.8, 4) is 23.7 Å². The second-order valence-corrected chi connectivity index (χ2v) is 4.80. The third kappa shape index (κ3) is 5.58. The van der Waals surface area contributed by atoms with E-state index in [1.54, 1.807) is 6.08 Å². The lowest BCUT2D eigenvalue weighted by Gasteiger charge is -1.93. The van der Waals surface area contributed by atoms with Crippen LogP contribution in [-0.2, 0) is 0 Å². The fourth-order valence-corrected chi connectivity index (χ4v) is 1.89.